The Hall–Kier alpha value is -1.02. The molecule has 13 heavy (non-hydrogen) atoms. The van der Waals surface area contributed by atoms with Gasteiger partial charge < -0.3 is 5.11 Å². The fourth-order valence-corrected chi connectivity index (χ4v) is 2.03. The molecule has 0 unspecified atom stereocenters. The summed E-state index contributed by atoms with van der Waals surface area (Å²) in [5.41, 5.74) is 1.32. The van der Waals surface area contributed by atoms with Gasteiger partial charge in [-0.15, -0.1) is 0 Å². The van der Waals surface area contributed by atoms with Crippen LogP contribution in [0.3, 0.4) is 0 Å². The highest BCUT2D eigenvalue weighted by Crippen LogP contribution is 2.30. The van der Waals surface area contributed by atoms with Crippen molar-refractivity contribution in [2.45, 2.75) is 18.9 Å². The van der Waals surface area contributed by atoms with E-state index >= 15 is 0 Å². The smallest absolute Gasteiger partial charge is 0.115 e. The molecular formula is C11H15NO. The number of hydrogen-bond donors (Lipinski definition) is 1. The molecule has 0 aliphatic carbocycles. The molecule has 1 N–H and O–H groups in total. The Bertz CT molecular complexity index is 281. The lowest BCUT2D eigenvalue weighted by Crippen LogP contribution is -2.17. The van der Waals surface area contributed by atoms with Gasteiger partial charge in [0.15, 0.2) is 0 Å². The van der Waals surface area contributed by atoms with E-state index in [2.05, 4.69) is 11.9 Å². The van der Waals surface area contributed by atoms with Crippen molar-refractivity contribution in [3.63, 3.8) is 0 Å². The molecule has 2 nitrogen and oxygen atoms in total. The number of phenolic OH excluding ortho intramolecular Hbond substituents is 1. The van der Waals surface area contributed by atoms with Crippen LogP contribution >= 0.6 is 0 Å². The molecule has 0 radical (unpaired) electrons. The van der Waals surface area contributed by atoms with E-state index in [0.717, 1.165) is 0 Å². The monoisotopic (exact) mass is 177 g/mol. The SMILES string of the molecule is CN1CCC[C@H]1c1ccc(O)cc1. The van der Waals surface area contributed by atoms with Gasteiger partial charge in [-0.05, 0) is 44.1 Å². The molecule has 1 atom stereocenters. The van der Waals surface area contributed by atoms with Gasteiger partial charge in [-0.25, -0.2) is 0 Å². The topological polar surface area (TPSA) is 23.5 Å². The first kappa shape index (κ1) is 8.57. The summed E-state index contributed by atoms with van der Waals surface area (Å²) in [5, 5.41) is 9.15. The minimum Gasteiger partial charge on any atom is -0.508 e. The molecule has 0 spiro atoms. The zero-order valence-corrected chi connectivity index (χ0v) is 7.90. The Morgan fingerprint density at radius 1 is 1.31 bits per heavy atom. The zero-order chi connectivity index (χ0) is 9.26. The first-order chi connectivity index (χ1) is 6.27. The van der Waals surface area contributed by atoms with Gasteiger partial charge in [0.2, 0.25) is 0 Å². The summed E-state index contributed by atoms with van der Waals surface area (Å²) in [4.78, 5) is 2.37. The van der Waals surface area contributed by atoms with E-state index < -0.39 is 0 Å². The summed E-state index contributed by atoms with van der Waals surface area (Å²) in [6.07, 6.45) is 2.52. The van der Waals surface area contributed by atoms with Gasteiger partial charge in [-0.2, -0.15) is 0 Å². The zero-order valence-electron chi connectivity index (χ0n) is 7.90. The van der Waals surface area contributed by atoms with Gasteiger partial charge in [0.05, 0.1) is 0 Å². The Labute approximate surface area is 78.8 Å². The number of rotatable bonds is 1. The van der Waals surface area contributed by atoms with Crippen molar-refractivity contribution in [2.75, 3.05) is 13.6 Å². The van der Waals surface area contributed by atoms with Crippen molar-refractivity contribution < 1.29 is 5.11 Å². The highest BCUT2D eigenvalue weighted by Gasteiger charge is 2.21. The van der Waals surface area contributed by atoms with E-state index in [1.165, 1.54) is 24.9 Å². The maximum absolute atomic E-state index is 9.15. The van der Waals surface area contributed by atoms with Crippen molar-refractivity contribution in [1.82, 2.24) is 4.90 Å². The second kappa shape index (κ2) is 3.38. The average molecular weight is 177 g/mol. The van der Waals surface area contributed by atoms with Gasteiger partial charge in [0.1, 0.15) is 5.75 Å². The number of hydrogen-bond acceptors (Lipinski definition) is 2. The van der Waals surface area contributed by atoms with Crippen LogP contribution in [0.25, 0.3) is 0 Å². The second-order valence-electron chi connectivity index (χ2n) is 3.73. The van der Waals surface area contributed by atoms with Crippen molar-refractivity contribution in [3.05, 3.63) is 29.8 Å². The van der Waals surface area contributed by atoms with Crippen LogP contribution in [-0.4, -0.2) is 23.6 Å². The third kappa shape index (κ3) is 1.68. The third-order valence-corrected chi connectivity index (χ3v) is 2.80. The molecule has 0 aromatic heterocycles. The van der Waals surface area contributed by atoms with E-state index in [1.54, 1.807) is 12.1 Å². The fourth-order valence-electron chi connectivity index (χ4n) is 2.03. The highest BCUT2D eigenvalue weighted by molar-refractivity contribution is 5.28. The van der Waals surface area contributed by atoms with Crippen LogP contribution in [0.2, 0.25) is 0 Å². The minimum atomic E-state index is 0.351. The van der Waals surface area contributed by atoms with E-state index in [0.29, 0.717) is 11.8 Å². The Balaban J connectivity index is 2.20. The molecule has 1 aromatic carbocycles. The lowest BCUT2D eigenvalue weighted by Gasteiger charge is -2.19. The first-order valence-electron chi connectivity index (χ1n) is 4.76. The summed E-state index contributed by atoms with van der Waals surface area (Å²) < 4.78 is 0. The predicted octanol–water partition coefficient (Wildman–Crippen LogP) is 2.16. The number of aromatic hydroxyl groups is 1. The molecule has 1 heterocycles. The Morgan fingerprint density at radius 2 is 2.00 bits per heavy atom. The summed E-state index contributed by atoms with van der Waals surface area (Å²) in [7, 11) is 2.16. The molecule has 0 saturated carbocycles. The molecule has 70 valence electrons. The van der Waals surface area contributed by atoms with Crippen LogP contribution in [0.4, 0.5) is 0 Å². The quantitative estimate of drug-likeness (QED) is 0.710. The normalized spacial score (nSPS) is 23.6. The molecule has 2 heteroatoms. The van der Waals surface area contributed by atoms with E-state index in [1.807, 2.05) is 12.1 Å². The van der Waals surface area contributed by atoms with Crippen LogP contribution in [0.5, 0.6) is 5.75 Å². The largest absolute Gasteiger partial charge is 0.508 e. The van der Waals surface area contributed by atoms with E-state index in [4.69, 9.17) is 5.11 Å². The molecule has 1 aliphatic heterocycles. The van der Waals surface area contributed by atoms with Gasteiger partial charge in [0, 0.05) is 6.04 Å². The molecule has 1 saturated heterocycles. The maximum atomic E-state index is 9.15. The van der Waals surface area contributed by atoms with E-state index in [9.17, 15) is 0 Å². The van der Waals surface area contributed by atoms with Gasteiger partial charge in [-0.3, -0.25) is 4.90 Å². The lowest BCUT2D eigenvalue weighted by atomic mass is 10.0. The number of nitrogens with zero attached hydrogens (tertiary/aromatic N) is 1. The average Bonchev–Trinajstić information content (AvgIpc) is 2.53. The molecular weight excluding hydrogens is 162 g/mol. The van der Waals surface area contributed by atoms with Crippen molar-refractivity contribution >= 4 is 0 Å². The highest BCUT2D eigenvalue weighted by atomic mass is 16.3. The number of benzene rings is 1. The number of likely N-dealkylation sites (tertiary alicyclic amines) is 1. The standard InChI is InChI=1S/C11H15NO/c1-12-8-2-3-11(12)9-4-6-10(13)7-5-9/h4-7,11,13H,2-3,8H2,1H3/t11-/m0/s1. The van der Waals surface area contributed by atoms with Gasteiger partial charge >= 0.3 is 0 Å². The van der Waals surface area contributed by atoms with Crippen molar-refractivity contribution in [3.8, 4) is 5.75 Å². The first-order valence-corrected chi connectivity index (χ1v) is 4.76. The molecule has 1 fully saturated rings. The summed E-state index contributed by atoms with van der Waals surface area (Å²) in [6, 6.07) is 8.12. The van der Waals surface area contributed by atoms with Crippen molar-refractivity contribution in [2.24, 2.45) is 0 Å². The third-order valence-electron chi connectivity index (χ3n) is 2.80. The molecule has 1 aromatic rings. The number of phenols is 1. The van der Waals surface area contributed by atoms with E-state index in [-0.39, 0.29) is 0 Å². The Kier molecular flexibility index (Phi) is 2.23. The van der Waals surface area contributed by atoms with Crippen LogP contribution < -0.4 is 0 Å². The van der Waals surface area contributed by atoms with Crippen LogP contribution in [0.15, 0.2) is 24.3 Å². The summed E-state index contributed by atoms with van der Waals surface area (Å²) in [6.45, 7) is 1.19. The molecule has 2 rings (SSSR count). The minimum absolute atomic E-state index is 0.351. The molecule has 1 aliphatic rings. The maximum Gasteiger partial charge on any atom is 0.115 e. The fraction of sp³-hybridized carbons (Fsp3) is 0.455. The van der Waals surface area contributed by atoms with Crippen LogP contribution in [-0.2, 0) is 0 Å². The molecule has 0 bridgehead atoms. The Morgan fingerprint density at radius 3 is 2.54 bits per heavy atom. The van der Waals surface area contributed by atoms with Crippen LogP contribution in [0.1, 0.15) is 24.4 Å². The molecule has 0 amide bonds. The summed E-state index contributed by atoms with van der Waals surface area (Å²) >= 11 is 0. The second-order valence-corrected chi connectivity index (χ2v) is 3.73. The lowest BCUT2D eigenvalue weighted by molar-refractivity contribution is 0.317. The summed E-state index contributed by atoms with van der Waals surface area (Å²) in [5.74, 6) is 0.351. The van der Waals surface area contributed by atoms with Crippen LogP contribution in [0, 0.1) is 0 Å². The van der Waals surface area contributed by atoms with Gasteiger partial charge in [-0.1, -0.05) is 12.1 Å². The van der Waals surface area contributed by atoms with Gasteiger partial charge in [0.25, 0.3) is 0 Å². The van der Waals surface area contributed by atoms with Crippen molar-refractivity contribution in [1.29, 1.82) is 0 Å². The predicted molar refractivity (Wildman–Crippen MR) is 52.7 cm³/mol.